The van der Waals surface area contributed by atoms with Crippen molar-refractivity contribution in [2.45, 2.75) is 31.5 Å². The zero-order chi connectivity index (χ0) is 28.0. The molecule has 2 rings (SSSR count). The van der Waals surface area contributed by atoms with Gasteiger partial charge in [-0.15, -0.1) is 15.6 Å². The number of thiazole rings is 1. The minimum absolute atomic E-state index is 0.0381. The number of rotatable bonds is 13. The number of carbonyl (C=O) groups is 3. The number of amides is 2. The Balaban J connectivity index is 2.19. The minimum Gasteiger partial charge on any atom is -0.478 e. The maximum atomic E-state index is 13.0. The van der Waals surface area contributed by atoms with Crippen LogP contribution in [0.15, 0.2) is 15.7 Å². The van der Waals surface area contributed by atoms with Gasteiger partial charge in [0, 0.05) is 18.5 Å². The molecule has 0 spiro atoms. The topological polar surface area (TPSA) is 296 Å². The number of hydrogen-bond donors (Lipinski definition) is 7. The van der Waals surface area contributed by atoms with E-state index in [2.05, 4.69) is 30.2 Å². The van der Waals surface area contributed by atoms with Crippen LogP contribution in [0.4, 0.5) is 5.13 Å². The van der Waals surface area contributed by atoms with E-state index in [1.165, 1.54) is 19.2 Å². The molecule has 0 radical (unpaired) electrons. The van der Waals surface area contributed by atoms with Crippen molar-refractivity contribution >= 4 is 56.3 Å². The van der Waals surface area contributed by atoms with Gasteiger partial charge in [-0.3, -0.25) is 14.1 Å². The zero-order valence-electron chi connectivity index (χ0n) is 19.4. The van der Waals surface area contributed by atoms with Crippen LogP contribution in [0.2, 0.25) is 0 Å². The van der Waals surface area contributed by atoms with Crippen molar-refractivity contribution in [1.82, 2.24) is 20.7 Å². The first-order valence-corrected chi connectivity index (χ1v) is 12.3. The van der Waals surface area contributed by atoms with Gasteiger partial charge in [-0.2, -0.15) is 13.5 Å². The lowest BCUT2D eigenvalue weighted by Crippen LogP contribution is -2.76. The van der Waals surface area contributed by atoms with Crippen LogP contribution in [0.3, 0.4) is 0 Å². The van der Waals surface area contributed by atoms with E-state index in [1.807, 2.05) is 0 Å². The second-order valence-electron chi connectivity index (χ2n) is 7.63. The number of aliphatic carboxylic acids is 1. The highest BCUT2D eigenvalue weighted by Crippen LogP contribution is 2.32. The number of carboxylic acids is 1. The van der Waals surface area contributed by atoms with Crippen molar-refractivity contribution in [2.75, 3.05) is 25.4 Å². The number of hydrogen-bond acceptors (Lipinski definition) is 14. The molecule has 0 bridgehead atoms. The smallest absolute Gasteiger partial charge is 0.418 e. The third kappa shape index (κ3) is 7.85. The normalized spacial score (nSPS) is 18.5. The fourth-order valence-corrected chi connectivity index (χ4v) is 3.69. The summed E-state index contributed by atoms with van der Waals surface area (Å²) in [5, 5.41) is 23.0. The molecule has 2 atom stereocenters. The SMILES string of the molecule is CC1(C)[C@H](NC(=O)/C(=N\OC(CO/N=C(\N)NCCN)C(=O)O)c2csc(N)n2)C(=O)N1OS(=O)(=O)O. The Morgan fingerprint density at radius 3 is 2.57 bits per heavy atom. The molecule has 21 heteroatoms. The molecule has 1 fully saturated rings. The molecule has 0 saturated carbocycles. The Morgan fingerprint density at radius 2 is 2.05 bits per heavy atom. The highest BCUT2D eigenvalue weighted by molar-refractivity contribution is 7.80. The van der Waals surface area contributed by atoms with Gasteiger partial charge in [0.05, 0.1) is 5.54 Å². The third-order valence-corrected chi connectivity index (χ3v) is 5.50. The molecule has 19 nitrogen and oxygen atoms in total. The highest BCUT2D eigenvalue weighted by Gasteiger charge is 2.58. The van der Waals surface area contributed by atoms with E-state index in [-0.39, 0.29) is 29.9 Å². The maximum absolute atomic E-state index is 13.0. The average molecular weight is 568 g/mol. The molecule has 2 amide bonds. The van der Waals surface area contributed by atoms with Crippen LogP contribution in [-0.4, -0.2) is 95.0 Å². The number of hydroxylamine groups is 2. The number of nitrogens with two attached hydrogens (primary N) is 3. The molecular formula is C16H25N9O10S2. The van der Waals surface area contributed by atoms with E-state index < -0.39 is 58.2 Å². The van der Waals surface area contributed by atoms with Gasteiger partial charge in [0.15, 0.2) is 17.5 Å². The molecule has 0 aromatic carbocycles. The van der Waals surface area contributed by atoms with Crippen molar-refractivity contribution in [3.05, 3.63) is 11.1 Å². The molecule has 1 aliphatic rings. The summed E-state index contributed by atoms with van der Waals surface area (Å²) in [5.74, 6) is -3.76. The fraction of sp³-hybridized carbons (Fsp3) is 0.500. The van der Waals surface area contributed by atoms with Gasteiger partial charge in [0.2, 0.25) is 5.96 Å². The lowest BCUT2D eigenvalue weighted by molar-refractivity contribution is -0.218. The number of nitrogens with one attached hydrogen (secondary N) is 2. The summed E-state index contributed by atoms with van der Waals surface area (Å²) >= 11 is 0.932. The first-order chi connectivity index (χ1) is 17.2. The van der Waals surface area contributed by atoms with Gasteiger partial charge in [0.1, 0.15) is 11.7 Å². The summed E-state index contributed by atoms with van der Waals surface area (Å²) in [5.41, 5.74) is 14.3. The van der Waals surface area contributed by atoms with Crippen molar-refractivity contribution in [2.24, 2.45) is 21.8 Å². The van der Waals surface area contributed by atoms with Gasteiger partial charge in [-0.25, -0.2) is 9.78 Å². The number of carboxylic acid groups (broad SMARTS) is 1. The van der Waals surface area contributed by atoms with E-state index >= 15 is 0 Å². The quantitative estimate of drug-likeness (QED) is 0.0400. The number of guanidine groups is 1. The first kappa shape index (κ1) is 29.4. The molecule has 206 valence electrons. The second kappa shape index (κ2) is 12.0. The molecule has 2 heterocycles. The minimum atomic E-state index is -5.01. The van der Waals surface area contributed by atoms with Gasteiger partial charge < -0.3 is 42.6 Å². The average Bonchev–Trinajstić information content (AvgIpc) is 3.23. The van der Waals surface area contributed by atoms with Crippen LogP contribution >= 0.6 is 11.3 Å². The second-order valence-corrected chi connectivity index (χ2v) is 9.52. The highest BCUT2D eigenvalue weighted by atomic mass is 32.3. The van der Waals surface area contributed by atoms with E-state index in [0.29, 0.717) is 5.06 Å². The van der Waals surface area contributed by atoms with Crippen LogP contribution in [0.25, 0.3) is 0 Å². The molecule has 37 heavy (non-hydrogen) atoms. The lowest BCUT2D eigenvalue weighted by Gasteiger charge is -2.50. The third-order valence-electron chi connectivity index (χ3n) is 4.49. The van der Waals surface area contributed by atoms with Crippen LogP contribution in [0.1, 0.15) is 19.5 Å². The van der Waals surface area contributed by atoms with E-state index in [4.69, 9.17) is 31.4 Å². The van der Waals surface area contributed by atoms with Gasteiger partial charge in [-0.1, -0.05) is 5.16 Å². The Bertz CT molecular complexity index is 1180. The van der Waals surface area contributed by atoms with Crippen molar-refractivity contribution in [1.29, 1.82) is 0 Å². The van der Waals surface area contributed by atoms with Crippen LogP contribution in [0, 0.1) is 0 Å². The molecule has 1 aromatic rings. The predicted molar refractivity (Wildman–Crippen MR) is 126 cm³/mol. The molecule has 1 saturated heterocycles. The van der Waals surface area contributed by atoms with Gasteiger partial charge in [-0.05, 0) is 19.0 Å². The Kier molecular flexibility index (Phi) is 9.52. The van der Waals surface area contributed by atoms with Crippen LogP contribution in [0.5, 0.6) is 0 Å². The standard InChI is InChI=1S/C16H25N9O10S2/c1-16(2)10(12(27)25(16)35-37(30,31)32)22-11(26)9(7-6-36-15(19)21-7)23-34-8(13(28)29)5-33-24-14(18)20-4-3-17/h6,8,10H,3-5,17H2,1-2H3,(H2,19,21)(H,22,26)(H,28,29)(H3,18,20,24)(H,30,31,32)/b23-9-/t8?,10-/m1/s1. The summed E-state index contributed by atoms with van der Waals surface area (Å²) in [6.07, 6.45) is -1.76. The van der Waals surface area contributed by atoms with Crippen molar-refractivity contribution in [3.63, 3.8) is 0 Å². The predicted octanol–water partition coefficient (Wildman–Crippen LogP) is -3.47. The molecule has 10 N–H and O–H groups in total. The summed E-state index contributed by atoms with van der Waals surface area (Å²) in [6, 6.07) is -1.33. The van der Waals surface area contributed by atoms with Gasteiger partial charge in [0.25, 0.3) is 17.9 Å². The first-order valence-electron chi connectivity index (χ1n) is 10.1. The Labute approximate surface area is 213 Å². The van der Waals surface area contributed by atoms with Crippen LogP contribution in [-0.2, 0) is 38.7 Å². The maximum Gasteiger partial charge on any atom is 0.418 e. The van der Waals surface area contributed by atoms with E-state index in [9.17, 15) is 27.9 Å². The largest absolute Gasteiger partial charge is 0.478 e. The molecule has 1 aliphatic heterocycles. The summed E-state index contributed by atoms with van der Waals surface area (Å²) in [6.45, 7) is 2.55. The molecule has 1 aromatic heterocycles. The lowest BCUT2D eigenvalue weighted by atomic mass is 9.84. The zero-order valence-corrected chi connectivity index (χ0v) is 21.0. The number of anilines is 1. The van der Waals surface area contributed by atoms with Gasteiger partial charge >= 0.3 is 16.4 Å². The number of nitrogen functional groups attached to an aromatic ring is 1. The number of β-lactam (4-membered cyclic amide) rings is 1. The fourth-order valence-electron chi connectivity index (χ4n) is 2.69. The monoisotopic (exact) mass is 567 g/mol. The summed E-state index contributed by atoms with van der Waals surface area (Å²) < 4.78 is 35.0. The molecule has 0 aliphatic carbocycles. The molecular weight excluding hydrogens is 542 g/mol. The Hall–Kier alpha value is -3.79. The van der Waals surface area contributed by atoms with Crippen molar-refractivity contribution < 1.29 is 46.4 Å². The van der Waals surface area contributed by atoms with E-state index in [0.717, 1.165) is 11.3 Å². The van der Waals surface area contributed by atoms with Crippen LogP contribution < -0.4 is 27.8 Å². The number of nitrogens with zero attached hydrogens (tertiary/aromatic N) is 4. The number of carbonyl (C=O) groups excluding carboxylic acids is 2. The molecule has 1 unspecified atom stereocenters. The van der Waals surface area contributed by atoms with Crippen molar-refractivity contribution in [3.8, 4) is 0 Å². The number of aromatic nitrogens is 1. The summed E-state index contributed by atoms with van der Waals surface area (Å²) in [4.78, 5) is 50.5. The Morgan fingerprint density at radius 1 is 1.38 bits per heavy atom. The summed E-state index contributed by atoms with van der Waals surface area (Å²) in [7, 11) is -5.01. The number of oxime groups is 2. The van der Waals surface area contributed by atoms with E-state index in [1.54, 1.807) is 0 Å².